The first-order chi connectivity index (χ1) is 27.7. The van der Waals surface area contributed by atoms with E-state index in [-0.39, 0.29) is 48.8 Å². The van der Waals surface area contributed by atoms with E-state index in [1.54, 1.807) is 22.2 Å². The summed E-state index contributed by atoms with van der Waals surface area (Å²) in [5, 5.41) is 5.36. The predicted octanol–water partition coefficient (Wildman–Crippen LogP) is 6.88. The third-order valence-electron chi connectivity index (χ3n) is 10.2. The van der Waals surface area contributed by atoms with Gasteiger partial charge >= 0.3 is 12.2 Å². The first kappa shape index (κ1) is 44.6. The molecule has 2 aromatic heterocycles. The molecule has 14 nitrogen and oxygen atoms in total. The number of hydrogen-bond donors (Lipinski definition) is 4. The van der Waals surface area contributed by atoms with E-state index in [9.17, 15) is 19.2 Å². The Labute approximate surface area is 341 Å². The second kappa shape index (κ2) is 20.9. The van der Waals surface area contributed by atoms with Crippen LogP contribution in [0.3, 0.4) is 0 Å². The van der Waals surface area contributed by atoms with Gasteiger partial charge in [0, 0.05) is 23.2 Å². The molecular weight excluding hydrogens is 737 g/mol. The molecule has 4 N–H and O–H groups in total. The van der Waals surface area contributed by atoms with Gasteiger partial charge < -0.3 is 39.9 Å². The van der Waals surface area contributed by atoms with Crippen LogP contribution in [0, 0.1) is 23.7 Å². The van der Waals surface area contributed by atoms with Crippen LogP contribution in [0.15, 0.2) is 60.9 Å². The lowest BCUT2D eigenvalue weighted by molar-refractivity contribution is -0.138. The van der Waals surface area contributed by atoms with Gasteiger partial charge in [-0.3, -0.25) is 9.59 Å². The number of imidazole rings is 2. The maximum Gasteiger partial charge on any atom is 0.407 e. The molecule has 2 heterocycles. The minimum absolute atomic E-state index is 0.0774. The molecule has 0 saturated carbocycles. The molecule has 4 rings (SSSR count). The Hall–Kier alpha value is -6.10. The minimum atomic E-state index is -0.730. The summed E-state index contributed by atoms with van der Waals surface area (Å²) >= 11 is 0. The molecule has 4 amide bonds. The summed E-state index contributed by atoms with van der Waals surface area (Å²) in [7, 11) is 2.56. The molecule has 2 aromatic carbocycles. The molecule has 0 saturated heterocycles. The Balaban J connectivity index is 1.41. The fourth-order valence-corrected chi connectivity index (χ4v) is 6.21. The van der Waals surface area contributed by atoms with Crippen molar-refractivity contribution in [2.75, 3.05) is 14.2 Å². The fraction of sp³-hybridized carbons (Fsp3) is 0.455. The lowest BCUT2D eigenvalue weighted by Gasteiger charge is -2.33. The van der Waals surface area contributed by atoms with Crippen molar-refractivity contribution in [3.05, 3.63) is 83.7 Å². The van der Waals surface area contributed by atoms with E-state index in [0.717, 1.165) is 46.5 Å². The number of benzene rings is 2. The van der Waals surface area contributed by atoms with Crippen LogP contribution in [0.5, 0.6) is 0 Å². The van der Waals surface area contributed by atoms with E-state index >= 15 is 0 Å². The maximum atomic E-state index is 13.6. The summed E-state index contributed by atoms with van der Waals surface area (Å²) < 4.78 is 9.51. The average molecular weight is 795 g/mol. The lowest BCUT2D eigenvalue weighted by atomic mass is 10.0. The number of hydrogen-bond acceptors (Lipinski definition) is 8. The van der Waals surface area contributed by atoms with Crippen molar-refractivity contribution in [3.63, 3.8) is 0 Å². The maximum absolute atomic E-state index is 13.6. The predicted molar refractivity (Wildman–Crippen MR) is 223 cm³/mol. The molecule has 58 heavy (non-hydrogen) atoms. The number of ether oxygens (including phenoxy) is 2. The minimum Gasteiger partial charge on any atom is -0.453 e. The molecule has 310 valence electrons. The molecule has 14 heteroatoms. The van der Waals surface area contributed by atoms with Gasteiger partial charge in [0.25, 0.3) is 0 Å². The molecule has 0 aliphatic carbocycles. The molecule has 0 aliphatic rings. The third-order valence-corrected chi connectivity index (χ3v) is 10.2. The summed E-state index contributed by atoms with van der Waals surface area (Å²) in [5.74, 6) is 7.08. The highest BCUT2D eigenvalue weighted by atomic mass is 16.5. The van der Waals surface area contributed by atoms with E-state index in [0.29, 0.717) is 11.6 Å². The van der Waals surface area contributed by atoms with Crippen molar-refractivity contribution >= 4 is 24.0 Å². The first-order valence-corrected chi connectivity index (χ1v) is 19.8. The van der Waals surface area contributed by atoms with Crippen LogP contribution in [-0.2, 0) is 32.2 Å². The Morgan fingerprint density at radius 2 is 0.966 bits per heavy atom. The summed E-state index contributed by atoms with van der Waals surface area (Å²) in [6.07, 6.45) is 3.69. The smallest absolute Gasteiger partial charge is 0.407 e. The fourth-order valence-electron chi connectivity index (χ4n) is 6.21. The molecule has 0 unspecified atom stereocenters. The highest BCUT2D eigenvalue weighted by Crippen LogP contribution is 2.22. The van der Waals surface area contributed by atoms with Gasteiger partial charge in [-0.25, -0.2) is 19.6 Å². The zero-order chi connectivity index (χ0) is 42.5. The normalized spacial score (nSPS) is 13.1. The van der Waals surface area contributed by atoms with E-state index in [1.165, 1.54) is 14.2 Å². The number of nitrogens with one attached hydrogen (secondary N) is 4. The lowest BCUT2D eigenvalue weighted by Crippen LogP contribution is -2.53. The number of rotatable bonds is 16. The van der Waals surface area contributed by atoms with Crippen LogP contribution in [0.1, 0.15) is 91.0 Å². The van der Waals surface area contributed by atoms with Gasteiger partial charge in [-0.15, -0.1) is 0 Å². The number of carbonyl (C=O) groups excluding carboxylic acids is 4. The van der Waals surface area contributed by atoms with E-state index < -0.39 is 24.3 Å². The molecule has 4 aromatic rings. The molecule has 4 atom stereocenters. The average Bonchev–Trinajstić information content (AvgIpc) is 3.91. The number of methoxy groups -OCH3 is 2. The van der Waals surface area contributed by atoms with Gasteiger partial charge in [0.2, 0.25) is 11.8 Å². The number of amides is 4. The molecule has 0 radical (unpaired) electrons. The quantitative estimate of drug-likeness (QED) is 0.0888. The number of alkyl carbamates (subject to hydrolysis) is 2. The highest BCUT2D eigenvalue weighted by molar-refractivity contribution is 5.87. The van der Waals surface area contributed by atoms with Crippen molar-refractivity contribution < 1.29 is 28.7 Å². The van der Waals surface area contributed by atoms with Crippen molar-refractivity contribution in [1.82, 2.24) is 40.4 Å². The van der Waals surface area contributed by atoms with Crippen molar-refractivity contribution in [1.29, 1.82) is 0 Å². The molecule has 0 aliphatic heterocycles. The van der Waals surface area contributed by atoms with Crippen LogP contribution in [-0.4, -0.2) is 92.1 Å². The number of aromatic amines is 2. The number of aromatic nitrogens is 4. The van der Waals surface area contributed by atoms with E-state index in [1.807, 2.05) is 104 Å². The van der Waals surface area contributed by atoms with E-state index in [4.69, 9.17) is 9.47 Å². The number of nitrogens with zero attached hydrogens (tertiary/aromatic N) is 4. The van der Waals surface area contributed by atoms with Gasteiger partial charge in [-0.1, -0.05) is 77.6 Å². The van der Waals surface area contributed by atoms with Crippen LogP contribution < -0.4 is 10.6 Å². The largest absolute Gasteiger partial charge is 0.453 e. The van der Waals surface area contributed by atoms with Gasteiger partial charge in [0.05, 0.1) is 51.1 Å². The standard InChI is InChI=1S/C44H58N8O6/c1-11-29(7)51(41(53)39(27(3)4)49-43(55)57-9)25-37-45-23-35(47-37)33-19-15-31(16-20-33)13-14-32-17-21-34(22-18-32)36-24-46-38(48-36)26-52(30(8)12-2)42(54)40(28(5)6)50-44(56)58-10/h15-24,27-30,39-40H,11-12,25-26H2,1-10H3,(H,45,47)(H,46,48)(H,49,55)(H,50,56)/t29-,30-,39+,40+/m1/s1. The Morgan fingerprint density at radius 1 is 0.621 bits per heavy atom. The Morgan fingerprint density at radius 3 is 1.26 bits per heavy atom. The summed E-state index contributed by atoms with van der Waals surface area (Å²) in [4.78, 5) is 70.5. The Bertz CT molecular complexity index is 1900. The summed E-state index contributed by atoms with van der Waals surface area (Å²) in [5.41, 5.74) is 5.17. The zero-order valence-electron chi connectivity index (χ0n) is 35.3. The van der Waals surface area contributed by atoms with Gasteiger partial charge in [-0.2, -0.15) is 0 Å². The topological polar surface area (TPSA) is 175 Å². The first-order valence-electron chi connectivity index (χ1n) is 19.8. The van der Waals surface area contributed by atoms with Gasteiger partial charge in [0.15, 0.2) is 0 Å². The zero-order valence-corrected chi connectivity index (χ0v) is 35.3. The second-order valence-electron chi connectivity index (χ2n) is 15.1. The molecule has 0 spiro atoms. The summed E-state index contributed by atoms with van der Waals surface area (Å²) in [6.45, 7) is 16.0. The number of H-pyrrole nitrogens is 2. The number of carbonyl (C=O) groups is 4. The van der Waals surface area contributed by atoms with Crippen molar-refractivity contribution in [2.24, 2.45) is 11.8 Å². The summed E-state index contributed by atoms with van der Waals surface area (Å²) in [6, 6.07) is 14.1. The van der Waals surface area contributed by atoms with Crippen LogP contribution >= 0.6 is 0 Å². The third kappa shape index (κ3) is 11.7. The van der Waals surface area contributed by atoms with Gasteiger partial charge in [-0.05, 0) is 73.9 Å². The van der Waals surface area contributed by atoms with Crippen LogP contribution in [0.25, 0.3) is 22.5 Å². The second-order valence-corrected chi connectivity index (χ2v) is 15.1. The van der Waals surface area contributed by atoms with Crippen LogP contribution in [0.2, 0.25) is 0 Å². The van der Waals surface area contributed by atoms with Crippen molar-refractivity contribution in [3.8, 4) is 34.4 Å². The van der Waals surface area contributed by atoms with Crippen LogP contribution in [0.4, 0.5) is 9.59 Å². The monoisotopic (exact) mass is 794 g/mol. The van der Waals surface area contributed by atoms with E-state index in [2.05, 4.69) is 42.4 Å². The SMILES string of the molecule is CC[C@@H](C)N(Cc1ncc(-c2ccc(C#Cc3ccc(-c4cnc(CN(C(=O)[C@@H](NC(=O)OC)C(C)C)[C@H](C)CC)[nH]4)cc3)cc2)[nH]1)C(=O)[C@@H](NC(=O)OC)C(C)C. The highest BCUT2D eigenvalue weighted by Gasteiger charge is 2.33. The molecule has 0 bridgehead atoms. The van der Waals surface area contributed by atoms with Gasteiger partial charge in [0.1, 0.15) is 23.7 Å². The van der Waals surface area contributed by atoms with Crippen molar-refractivity contribution in [2.45, 2.75) is 105 Å². The Kier molecular flexibility index (Phi) is 16.1. The molecular formula is C44H58N8O6. The molecule has 0 fully saturated rings.